The fourth-order valence-electron chi connectivity index (χ4n) is 3.15. The van der Waals surface area contributed by atoms with Crippen molar-refractivity contribution in [2.24, 2.45) is 5.73 Å². The number of methoxy groups -OCH3 is 1. The summed E-state index contributed by atoms with van der Waals surface area (Å²) in [4.78, 5) is 0. The van der Waals surface area contributed by atoms with Crippen LogP contribution in [0.1, 0.15) is 55.7 Å². The highest BCUT2D eigenvalue weighted by atomic mass is 16.5. The molecule has 1 aliphatic carbocycles. The van der Waals surface area contributed by atoms with Crippen LogP contribution in [0.5, 0.6) is 5.75 Å². The van der Waals surface area contributed by atoms with E-state index in [9.17, 15) is 0 Å². The molecular formula is C17H28N2O. The minimum Gasteiger partial charge on any atom is -0.496 e. The summed E-state index contributed by atoms with van der Waals surface area (Å²) < 4.78 is 5.33. The maximum atomic E-state index is 5.99. The molecule has 2 rings (SSSR count). The largest absolute Gasteiger partial charge is 0.496 e. The van der Waals surface area contributed by atoms with Crippen molar-refractivity contribution in [2.75, 3.05) is 13.7 Å². The minimum absolute atomic E-state index is 0.253. The van der Waals surface area contributed by atoms with Crippen molar-refractivity contribution in [3.8, 4) is 5.75 Å². The van der Waals surface area contributed by atoms with E-state index >= 15 is 0 Å². The zero-order chi connectivity index (χ0) is 14.4. The van der Waals surface area contributed by atoms with E-state index in [0.717, 1.165) is 5.75 Å². The second-order valence-electron chi connectivity index (χ2n) is 5.87. The topological polar surface area (TPSA) is 47.3 Å². The Morgan fingerprint density at radius 3 is 2.50 bits per heavy atom. The molecule has 1 unspecified atom stereocenters. The molecule has 20 heavy (non-hydrogen) atoms. The van der Waals surface area contributed by atoms with Gasteiger partial charge in [-0.05, 0) is 37.0 Å². The van der Waals surface area contributed by atoms with Gasteiger partial charge in [-0.3, -0.25) is 0 Å². The van der Waals surface area contributed by atoms with E-state index in [2.05, 4.69) is 24.4 Å². The molecule has 3 heteroatoms. The summed E-state index contributed by atoms with van der Waals surface area (Å²) in [7, 11) is 1.71. The van der Waals surface area contributed by atoms with E-state index in [-0.39, 0.29) is 6.04 Å². The van der Waals surface area contributed by atoms with Crippen molar-refractivity contribution in [1.29, 1.82) is 0 Å². The van der Waals surface area contributed by atoms with Gasteiger partial charge >= 0.3 is 0 Å². The highest BCUT2D eigenvalue weighted by molar-refractivity contribution is 5.37. The minimum atomic E-state index is 0.253. The van der Waals surface area contributed by atoms with E-state index in [1.807, 2.05) is 6.07 Å². The van der Waals surface area contributed by atoms with Gasteiger partial charge in [-0.1, -0.05) is 37.8 Å². The van der Waals surface area contributed by atoms with Crippen LogP contribution in [-0.2, 0) is 0 Å². The molecule has 0 saturated heterocycles. The normalized spacial score (nSPS) is 18.6. The van der Waals surface area contributed by atoms with Gasteiger partial charge in [-0.15, -0.1) is 0 Å². The Kier molecular flexibility index (Phi) is 5.86. The van der Waals surface area contributed by atoms with Crippen LogP contribution in [-0.4, -0.2) is 19.7 Å². The van der Waals surface area contributed by atoms with Crippen molar-refractivity contribution >= 4 is 0 Å². The van der Waals surface area contributed by atoms with E-state index in [1.54, 1.807) is 7.11 Å². The molecule has 3 N–H and O–H groups in total. The number of ether oxygens (including phenoxy) is 1. The van der Waals surface area contributed by atoms with Crippen LogP contribution in [0.3, 0.4) is 0 Å². The van der Waals surface area contributed by atoms with E-state index in [0.29, 0.717) is 12.6 Å². The molecule has 1 aliphatic rings. The van der Waals surface area contributed by atoms with Crippen molar-refractivity contribution < 1.29 is 4.74 Å². The Hall–Kier alpha value is -1.06. The number of rotatable bonds is 5. The maximum absolute atomic E-state index is 5.99. The van der Waals surface area contributed by atoms with Crippen LogP contribution in [0, 0.1) is 6.92 Å². The molecule has 1 fully saturated rings. The summed E-state index contributed by atoms with van der Waals surface area (Å²) in [6.07, 6.45) is 8.02. The average molecular weight is 276 g/mol. The average Bonchev–Trinajstić information content (AvgIpc) is 2.73. The first-order chi connectivity index (χ1) is 9.74. The first-order valence-corrected chi connectivity index (χ1v) is 7.85. The lowest BCUT2D eigenvalue weighted by Crippen LogP contribution is -2.36. The van der Waals surface area contributed by atoms with Gasteiger partial charge in [-0.2, -0.15) is 0 Å². The van der Waals surface area contributed by atoms with Gasteiger partial charge in [0, 0.05) is 18.6 Å². The molecule has 1 aromatic carbocycles. The second kappa shape index (κ2) is 7.65. The fourth-order valence-corrected chi connectivity index (χ4v) is 3.15. The van der Waals surface area contributed by atoms with Gasteiger partial charge in [0.05, 0.1) is 7.11 Å². The van der Waals surface area contributed by atoms with Crippen LogP contribution in [0.2, 0.25) is 0 Å². The summed E-state index contributed by atoms with van der Waals surface area (Å²) in [5, 5.41) is 3.76. The van der Waals surface area contributed by atoms with Crippen LogP contribution in [0.4, 0.5) is 0 Å². The standard InChI is InChI=1S/C17H28N2O/c1-13-11-14(9-10-17(13)20-2)16(12-18)19-15-7-5-3-4-6-8-15/h9-11,15-16,19H,3-8,12,18H2,1-2H3. The van der Waals surface area contributed by atoms with Gasteiger partial charge in [-0.25, -0.2) is 0 Å². The summed E-state index contributed by atoms with van der Waals surface area (Å²) >= 11 is 0. The molecule has 1 saturated carbocycles. The van der Waals surface area contributed by atoms with Crippen LogP contribution in [0.15, 0.2) is 18.2 Å². The Morgan fingerprint density at radius 2 is 1.95 bits per heavy atom. The number of benzene rings is 1. The van der Waals surface area contributed by atoms with Crippen LogP contribution < -0.4 is 15.8 Å². The van der Waals surface area contributed by atoms with Crippen molar-refractivity contribution in [3.05, 3.63) is 29.3 Å². The molecule has 0 spiro atoms. The second-order valence-corrected chi connectivity index (χ2v) is 5.87. The number of hydrogen-bond donors (Lipinski definition) is 2. The third kappa shape index (κ3) is 3.97. The molecule has 0 amide bonds. The molecule has 0 bridgehead atoms. The molecular weight excluding hydrogens is 248 g/mol. The molecule has 0 heterocycles. The van der Waals surface area contributed by atoms with Crippen molar-refractivity contribution in [3.63, 3.8) is 0 Å². The molecule has 0 aromatic heterocycles. The van der Waals surface area contributed by atoms with Gasteiger partial charge in [0.1, 0.15) is 5.75 Å². The molecule has 0 radical (unpaired) electrons. The lowest BCUT2D eigenvalue weighted by Gasteiger charge is -2.25. The van der Waals surface area contributed by atoms with Crippen LogP contribution in [0.25, 0.3) is 0 Å². The number of hydrogen-bond acceptors (Lipinski definition) is 3. The molecule has 112 valence electrons. The molecule has 1 atom stereocenters. The summed E-state index contributed by atoms with van der Waals surface area (Å²) in [6, 6.07) is 7.24. The highest BCUT2D eigenvalue weighted by Gasteiger charge is 2.18. The first kappa shape index (κ1) is 15.3. The quantitative estimate of drug-likeness (QED) is 0.811. The van der Waals surface area contributed by atoms with Crippen molar-refractivity contribution in [1.82, 2.24) is 5.32 Å². The predicted molar refractivity (Wildman–Crippen MR) is 84.2 cm³/mol. The molecule has 3 nitrogen and oxygen atoms in total. The van der Waals surface area contributed by atoms with Gasteiger partial charge in [0.15, 0.2) is 0 Å². The Labute approximate surface area is 122 Å². The number of nitrogens with one attached hydrogen (secondary N) is 1. The number of nitrogens with two attached hydrogens (primary N) is 1. The third-order valence-corrected chi connectivity index (χ3v) is 4.35. The highest BCUT2D eigenvalue weighted by Crippen LogP contribution is 2.24. The molecule has 0 aliphatic heterocycles. The van der Waals surface area contributed by atoms with E-state index in [1.165, 1.54) is 49.7 Å². The third-order valence-electron chi connectivity index (χ3n) is 4.35. The van der Waals surface area contributed by atoms with Crippen molar-refractivity contribution in [2.45, 2.75) is 57.5 Å². The Morgan fingerprint density at radius 1 is 1.25 bits per heavy atom. The van der Waals surface area contributed by atoms with Gasteiger partial charge < -0.3 is 15.8 Å². The fraction of sp³-hybridized carbons (Fsp3) is 0.647. The smallest absolute Gasteiger partial charge is 0.121 e. The maximum Gasteiger partial charge on any atom is 0.121 e. The molecule has 1 aromatic rings. The summed E-state index contributed by atoms with van der Waals surface area (Å²) in [5.74, 6) is 0.944. The summed E-state index contributed by atoms with van der Waals surface area (Å²) in [6.45, 7) is 2.73. The van der Waals surface area contributed by atoms with E-state index < -0.39 is 0 Å². The zero-order valence-electron chi connectivity index (χ0n) is 12.8. The lowest BCUT2D eigenvalue weighted by molar-refractivity contribution is 0.399. The Balaban J connectivity index is 2.05. The summed E-state index contributed by atoms with van der Waals surface area (Å²) in [5.41, 5.74) is 8.43. The first-order valence-electron chi connectivity index (χ1n) is 7.85. The predicted octanol–water partition coefficient (Wildman–Crippen LogP) is 3.32. The monoisotopic (exact) mass is 276 g/mol. The van der Waals surface area contributed by atoms with Gasteiger partial charge in [0.2, 0.25) is 0 Å². The number of aryl methyl sites for hydroxylation is 1. The SMILES string of the molecule is COc1ccc(C(CN)NC2CCCCCC2)cc1C. The lowest BCUT2D eigenvalue weighted by atomic mass is 10.0. The Bertz CT molecular complexity index is 411. The van der Waals surface area contributed by atoms with Gasteiger partial charge in [0.25, 0.3) is 0 Å². The van der Waals surface area contributed by atoms with E-state index in [4.69, 9.17) is 10.5 Å². The zero-order valence-corrected chi connectivity index (χ0v) is 12.8. The van der Waals surface area contributed by atoms with Crippen LogP contribution >= 0.6 is 0 Å².